The van der Waals surface area contributed by atoms with E-state index in [9.17, 15) is 0 Å². The topological polar surface area (TPSA) is 49.9 Å². The van der Waals surface area contributed by atoms with Crippen molar-refractivity contribution in [3.8, 4) is 0 Å². The number of benzene rings is 1. The van der Waals surface area contributed by atoms with Crippen LogP contribution >= 0.6 is 0 Å². The summed E-state index contributed by atoms with van der Waals surface area (Å²) in [7, 11) is 0. The summed E-state index contributed by atoms with van der Waals surface area (Å²) in [6.07, 6.45) is 0. The van der Waals surface area contributed by atoms with Crippen LogP contribution in [0, 0.1) is 12.3 Å². The van der Waals surface area contributed by atoms with Gasteiger partial charge in [0.05, 0.1) is 2.74 Å². The lowest BCUT2D eigenvalue weighted by Gasteiger charge is -1.96. The molecule has 0 aliphatic rings. The molecule has 1 rings (SSSR count). The second-order valence-electron chi connectivity index (χ2n) is 2.11. The lowest BCUT2D eigenvalue weighted by molar-refractivity contribution is 1.40. The molecule has 3 N–H and O–H groups in total. The molecule has 0 bridgehead atoms. The van der Waals surface area contributed by atoms with Gasteiger partial charge in [-0.1, -0.05) is 29.8 Å². The Morgan fingerprint density at radius 1 is 1.60 bits per heavy atom. The van der Waals surface area contributed by atoms with Gasteiger partial charge in [0.15, 0.2) is 0 Å². The number of hydrogen-bond acceptors (Lipinski definition) is 1. The van der Waals surface area contributed by atoms with E-state index in [4.69, 9.17) is 13.9 Å². The van der Waals surface area contributed by atoms with Crippen LogP contribution in [0.25, 0.3) is 0 Å². The first-order valence-corrected chi connectivity index (χ1v) is 2.94. The molecule has 2 heteroatoms. The van der Waals surface area contributed by atoms with Crippen LogP contribution in [0.15, 0.2) is 24.2 Å². The molecular weight excluding hydrogens is 124 g/mol. The van der Waals surface area contributed by atoms with E-state index in [0.29, 0.717) is 0 Å². The Morgan fingerprint density at radius 3 is 2.50 bits per heavy atom. The van der Waals surface area contributed by atoms with E-state index in [2.05, 4.69) is 0 Å². The van der Waals surface area contributed by atoms with E-state index in [1.807, 2.05) is 0 Å². The maximum absolute atomic E-state index is 7.44. The van der Waals surface area contributed by atoms with Gasteiger partial charge >= 0.3 is 0 Å². The van der Waals surface area contributed by atoms with E-state index >= 15 is 0 Å². The van der Waals surface area contributed by atoms with E-state index in [-0.39, 0.29) is 23.5 Å². The van der Waals surface area contributed by atoms with Crippen molar-refractivity contribution >= 4 is 5.84 Å². The molecule has 0 fully saturated rings. The molecule has 0 saturated heterocycles. The normalized spacial score (nSPS) is 12.1. The summed E-state index contributed by atoms with van der Waals surface area (Å²) in [5.74, 6) is -0.218. The molecular formula is C8H10N2. The quantitative estimate of drug-likeness (QED) is 0.443. The molecule has 0 spiro atoms. The molecule has 52 valence electrons. The van der Waals surface area contributed by atoms with Crippen LogP contribution in [-0.2, 0) is 0 Å². The Bertz CT molecular complexity index is 311. The average molecular weight is 136 g/mol. The number of hydrogen-bond donors (Lipinski definition) is 2. The highest BCUT2D eigenvalue weighted by molar-refractivity contribution is 5.94. The lowest BCUT2D eigenvalue weighted by Crippen LogP contribution is -2.10. The molecule has 0 aromatic heterocycles. The summed E-state index contributed by atoms with van der Waals surface area (Å²) in [5, 5.41) is 7.13. The molecule has 0 aliphatic heterocycles. The Labute approximate surface area is 63.0 Å². The number of nitrogens with one attached hydrogen (secondary N) is 1. The number of nitrogens with two attached hydrogens (primary N) is 1. The van der Waals surface area contributed by atoms with Gasteiger partial charge in [0.2, 0.25) is 0 Å². The monoisotopic (exact) mass is 136 g/mol. The average Bonchev–Trinajstić information content (AvgIpc) is 1.82. The highest BCUT2D eigenvalue weighted by Gasteiger charge is 1.92. The fourth-order valence-electron chi connectivity index (χ4n) is 0.611. The smallest absolute Gasteiger partial charge is 0.122 e. The van der Waals surface area contributed by atoms with Crippen LogP contribution in [0.1, 0.15) is 13.9 Å². The van der Waals surface area contributed by atoms with Crippen molar-refractivity contribution in [2.75, 3.05) is 0 Å². The second-order valence-corrected chi connectivity index (χ2v) is 2.11. The largest absolute Gasteiger partial charge is 0.384 e. The Hall–Kier alpha value is -1.31. The Kier molecular flexibility index (Phi) is 1.13. The van der Waals surface area contributed by atoms with Crippen molar-refractivity contribution < 1.29 is 2.74 Å². The van der Waals surface area contributed by atoms with Crippen molar-refractivity contribution in [1.82, 2.24) is 0 Å². The molecule has 0 heterocycles. The van der Waals surface area contributed by atoms with E-state index in [1.165, 1.54) is 0 Å². The highest BCUT2D eigenvalue weighted by Crippen LogP contribution is 2.00. The van der Waals surface area contributed by atoms with Gasteiger partial charge in [-0.15, -0.1) is 0 Å². The summed E-state index contributed by atoms with van der Waals surface area (Å²) in [4.78, 5) is 0. The van der Waals surface area contributed by atoms with Crippen LogP contribution in [0.4, 0.5) is 0 Å². The van der Waals surface area contributed by atoms with Gasteiger partial charge in [0, 0.05) is 5.56 Å². The molecule has 10 heavy (non-hydrogen) atoms. The third-order valence-electron chi connectivity index (χ3n) is 1.16. The molecule has 0 saturated carbocycles. The number of nitrogen functional groups attached to an aromatic ring is 1. The standard InChI is InChI=1S/C8H10N2/c1-6-2-4-7(5-3-6)8(9)10/h2-5H,1H3,(H3,9,10)/i4D,5D. The van der Waals surface area contributed by atoms with Gasteiger partial charge in [0.1, 0.15) is 5.84 Å². The van der Waals surface area contributed by atoms with Crippen LogP contribution in [0.3, 0.4) is 0 Å². The van der Waals surface area contributed by atoms with Crippen LogP contribution in [-0.4, -0.2) is 5.84 Å². The second kappa shape index (κ2) is 2.52. The Morgan fingerprint density at radius 2 is 2.10 bits per heavy atom. The van der Waals surface area contributed by atoms with Gasteiger partial charge in [-0.3, -0.25) is 5.41 Å². The van der Waals surface area contributed by atoms with E-state index in [0.717, 1.165) is 5.56 Å². The third-order valence-corrected chi connectivity index (χ3v) is 1.16. The summed E-state index contributed by atoms with van der Waals surface area (Å²) < 4.78 is 14.9. The van der Waals surface area contributed by atoms with Crippen LogP contribution in [0.5, 0.6) is 0 Å². The van der Waals surface area contributed by atoms with Crippen LogP contribution < -0.4 is 5.73 Å². The predicted octanol–water partition coefficient (Wildman–Crippen LogP) is 1.28. The molecule has 0 atom stereocenters. The molecule has 0 amide bonds. The third kappa shape index (κ3) is 1.35. The minimum absolute atomic E-state index is 0.146. The molecule has 1 aromatic carbocycles. The molecule has 0 aliphatic carbocycles. The van der Waals surface area contributed by atoms with Crippen molar-refractivity contribution in [2.24, 2.45) is 5.73 Å². The first kappa shape index (κ1) is 4.50. The Balaban J connectivity index is 3.38. The van der Waals surface area contributed by atoms with Crippen molar-refractivity contribution in [2.45, 2.75) is 6.92 Å². The van der Waals surface area contributed by atoms with E-state index < -0.39 is 0 Å². The number of amidine groups is 1. The van der Waals surface area contributed by atoms with Crippen molar-refractivity contribution in [3.63, 3.8) is 0 Å². The molecule has 1 aromatic rings. The van der Waals surface area contributed by atoms with Crippen molar-refractivity contribution in [1.29, 1.82) is 5.41 Å². The number of aryl methyl sites for hydroxylation is 1. The SMILES string of the molecule is [2H]c1cc(C)cc([2H])c1C(=N)N. The lowest BCUT2D eigenvalue weighted by atomic mass is 10.1. The van der Waals surface area contributed by atoms with Gasteiger partial charge in [-0.25, -0.2) is 0 Å². The summed E-state index contributed by atoms with van der Waals surface area (Å²) >= 11 is 0. The van der Waals surface area contributed by atoms with Crippen molar-refractivity contribution in [3.05, 3.63) is 35.3 Å². The zero-order chi connectivity index (χ0) is 9.30. The van der Waals surface area contributed by atoms with Crippen LogP contribution in [0.2, 0.25) is 0 Å². The molecule has 2 nitrogen and oxygen atoms in total. The summed E-state index contributed by atoms with van der Waals surface area (Å²) in [5.41, 5.74) is 6.26. The summed E-state index contributed by atoms with van der Waals surface area (Å²) in [6.45, 7) is 1.81. The minimum Gasteiger partial charge on any atom is -0.384 e. The van der Waals surface area contributed by atoms with Gasteiger partial charge in [0.25, 0.3) is 0 Å². The maximum Gasteiger partial charge on any atom is 0.122 e. The van der Waals surface area contributed by atoms with Gasteiger partial charge < -0.3 is 5.73 Å². The predicted molar refractivity (Wildman–Crippen MR) is 42.2 cm³/mol. The van der Waals surface area contributed by atoms with Gasteiger partial charge in [-0.2, -0.15) is 0 Å². The fourth-order valence-corrected chi connectivity index (χ4v) is 0.611. The highest BCUT2D eigenvalue weighted by atomic mass is 14.7. The van der Waals surface area contributed by atoms with E-state index in [1.54, 1.807) is 19.1 Å². The van der Waals surface area contributed by atoms with Gasteiger partial charge in [-0.05, 0) is 6.92 Å². The zero-order valence-corrected chi connectivity index (χ0v) is 5.73. The molecule has 0 radical (unpaired) electrons. The first-order valence-electron chi connectivity index (χ1n) is 3.94. The fraction of sp³-hybridized carbons (Fsp3) is 0.125. The maximum atomic E-state index is 7.44. The summed E-state index contributed by atoms with van der Waals surface area (Å²) in [6, 6.07) is 3.48. The molecule has 0 unspecified atom stereocenters. The minimum atomic E-state index is -0.218. The first-order chi connectivity index (χ1) is 5.52. The number of rotatable bonds is 1. The zero-order valence-electron chi connectivity index (χ0n) is 7.73.